The Morgan fingerprint density at radius 1 is 1.29 bits per heavy atom. The molecule has 5 nitrogen and oxygen atoms in total. The van der Waals surface area contributed by atoms with Crippen molar-refractivity contribution in [3.05, 3.63) is 11.9 Å². The molecular weight excluding hydrogens is 262 g/mol. The topological polar surface area (TPSA) is 44.3 Å². The molecule has 0 bridgehead atoms. The summed E-state index contributed by atoms with van der Waals surface area (Å²) in [7, 11) is 4.32. The third-order valence-corrected chi connectivity index (χ3v) is 4.14. The molecule has 1 aliphatic rings. The highest BCUT2D eigenvalue weighted by Crippen LogP contribution is 2.27. The highest BCUT2D eigenvalue weighted by molar-refractivity contribution is 5.58. The van der Waals surface area contributed by atoms with Crippen LogP contribution in [0.25, 0.3) is 0 Å². The molecule has 0 spiro atoms. The van der Waals surface area contributed by atoms with Crippen LogP contribution >= 0.6 is 0 Å². The van der Waals surface area contributed by atoms with Gasteiger partial charge >= 0.3 is 0 Å². The lowest BCUT2D eigenvalue weighted by Gasteiger charge is -2.34. The standard InChI is InChI=1S/C16H29N5/c1-5-8-17-15-13(2)16(19-12-18-15)21-9-6-14(7-10-21)11-20(3)4/h12,14H,5-11H2,1-4H3,(H,17,18,19). The number of nitrogens with one attached hydrogen (secondary N) is 1. The van der Waals surface area contributed by atoms with Crippen LogP contribution in [-0.4, -0.2) is 55.1 Å². The molecule has 1 aromatic heterocycles. The third-order valence-electron chi connectivity index (χ3n) is 4.14. The maximum Gasteiger partial charge on any atom is 0.137 e. The molecule has 0 unspecified atom stereocenters. The summed E-state index contributed by atoms with van der Waals surface area (Å²) in [6.07, 6.45) is 5.29. The molecule has 21 heavy (non-hydrogen) atoms. The maximum atomic E-state index is 4.52. The van der Waals surface area contributed by atoms with Crippen LogP contribution in [0.3, 0.4) is 0 Å². The van der Waals surface area contributed by atoms with Gasteiger partial charge < -0.3 is 15.1 Å². The molecular formula is C16H29N5. The molecule has 0 amide bonds. The number of piperidine rings is 1. The van der Waals surface area contributed by atoms with Gasteiger partial charge in [0.1, 0.15) is 18.0 Å². The zero-order chi connectivity index (χ0) is 15.2. The van der Waals surface area contributed by atoms with Crippen molar-refractivity contribution in [1.29, 1.82) is 0 Å². The van der Waals surface area contributed by atoms with Crippen LogP contribution in [0.4, 0.5) is 11.6 Å². The Bertz CT molecular complexity index is 438. The fraction of sp³-hybridized carbons (Fsp3) is 0.750. The third kappa shape index (κ3) is 4.30. The lowest BCUT2D eigenvalue weighted by Crippen LogP contribution is -2.38. The van der Waals surface area contributed by atoms with Crippen molar-refractivity contribution in [1.82, 2.24) is 14.9 Å². The average Bonchev–Trinajstić information content (AvgIpc) is 2.47. The summed E-state index contributed by atoms with van der Waals surface area (Å²) in [5, 5.41) is 3.39. The predicted molar refractivity (Wildman–Crippen MR) is 89.0 cm³/mol. The predicted octanol–water partition coefficient (Wildman–Crippen LogP) is 2.38. The quantitative estimate of drug-likeness (QED) is 0.872. The first-order valence-electron chi connectivity index (χ1n) is 8.07. The molecule has 0 atom stereocenters. The van der Waals surface area contributed by atoms with E-state index in [-0.39, 0.29) is 0 Å². The Kier molecular flexibility index (Phi) is 5.79. The van der Waals surface area contributed by atoms with Gasteiger partial charge in [-0.3, -0.25) is 0 Å². The molecule has 0 radical (unpaired) electrons. The highest BCUT2D eigenvalue weighted by atomic mass is 15.2. The first-order chi connectivity index (χ1) is 10.1. The van der Waals surface area contributed by atoms with Crippen LogP contribution in [0, 0.1) is 12.8 Å². The van der Waals surface area contributed by atoms with Gasteiger partial charge in [0.2, 0.25) is 0 Å². The first kappa shape index (κ1) is 16.0. The maximum absolute atomic E-state index is 4.52. The van der Waals surface area contributed by atoms with E-state index in [1.165, 1.54) is 24.9 Å². The number of rotatable bonds is 6. The summed E-state index contributed by atoms with van der Waals surface area (Å²) in [6, 6.07) is 0. The highest BCUT2D eigenvalue weighted by Gasteiger charge is 2.22. The Morgan fingerprint density at radius 3 is 2.62 bits per heavy atom. The minimum Gasteiger partial charge on any atom is -0.370 e. The van der Waals surface area contributed by atoms with E-state index in [1.54, 1.807) is 6.33 Å². The fourth-order valence-corrected chi connectivity index (χ4v) is 3.03. The van der Waals surface area contributed by atoms with Gasteiger partial charge in [-0.05, 0) is 46.2 Å². The van der Waals surface area contributed by atoms with E-state index < -0.39 is 0 Å². The van der Waals surface area contributed by atoms with E-state index in [1.807, 2.05) is 0 Å². The van der Waals surface area contributed by atoms with Gasteiger partial charge in [-0.2, -0.15) is 0 Å². The Balaban J connectivity index is 2.00. The molecule has 118 valence electrons. The minimum absolute atomic E-state index is 0.816. The second-order valence-electron chi connectivity index (χ2n) is 6.29. The van der Waals surface area contributed by atoms with Gasteiger partial charge in [-0.1, -0.05) is 6.92 Å². The first-order valence-corrected chi connectivity index (χ1v) is 8.07. The van der Waals surface area contributed by atoms with Gasteiger partial charge in [-0.25, -0.2) is 9.97 Å². The second-order valence-corrected chi connectivity index (χ2v) is 6.29. The number of hydrogen-bond donors (Lipinski definition) is 1. The number of hydrogen-bond acceptors (Lipinski definition) is 5. The molecule has 2 rings (SSSR count). The Morgan fingerprint density at radius 2 is 2.00 bits per heavy atom. The van der Waals surface area contributed by atoms with Crippen LogP contribution in [0.2, 0.25) is 0 Å². The molecule has 1 aliphatic heterocycles. The van der Waals surface area contributed by atoms with Gasteiger partial charge in [0.25, 0.3) is 0 Å². The summed E-state index contributed by atoms with van der Waals surface area (Å²) in [5.74, 6) is 2.90. The summed E-state index contributed by atoms with van der Waals surface area (Å²) >= 11 is 0. The molecule has 2 heterocycles. The van der Waals surface area contributed by atoms with Crippen LogP contribution in [-0.2, 0) is 0 Å². The van der Waals surface area contributed by atoms with Gasteiger partial charge in [-0.15, -0.1) is 0 Å². The Hall–Kier alpha value is -1.36. The number of aromatic nitrogens is 2. The van der Waals surface area contributed by atoms with Gasteiger partial charge in [0.15, 0.2) is 0 Å². The second kappa shape index (κ2) is 7.59. The molecule has 0 saturated carbocycles. The molecule has 1 fully saturated rings. The van der Waals surface area contributed by atoms with Crippen molar-refractivity contribution in [2.24, 2.45) is 5.92 Å². The van der Waals surface area contributed by atoms with Crippen molar-refractivity contribution < 1.29 is 0 Å². The van der Waals surface area contributed by atoms with Crippen LogP contribution in [0.1, 0.15) is 31.7 Å². The van der Waals surface area contributed by atoms with Gasteiger partial charge in [0, 0.05) is 31.7 Å². The molecule has 1 saturated heterocycles. The Labute approximate surface area is 128 Å². The summed E-state index contributed by atoms with van der Waals surface area (Å²) < 4.78 is 0. The van der Waals surface area contributed by atoms with E-state index >= 15 is 0 Å². The zero-order valence-corrected chi connectivity index (χ0v) is 13.9. The van der Waals surface area contributed by atoms with Crippen molar-refractivity contribution >= 4 is 11.6 Å². The van der Waals surface area contributed by atoms with Crippen molar-refractivity contribution in [2.75, 3.05) is 50.5 Å². The van der Waals surface area contributed by atoms with Crippen LogP contribution < -0.4 is 10.2 Å². The molecule has 5 heteroatoms. The average molecular weight is 291 g/mol. The van der Waals surface area contributed by atoms with E-state index in [9.17, 15) is 0 Å². The zero-order valence-electron chi connectivity index (χ0n) is 13.9. The van der Waals surface area contributed by atoms with Gasteiger partial charge in [0.05, 0.1) is 0 Å². The molecule has 0 aliphatic carbocycles. The SMILES string of the molecule is CCCNc1ncnc(N2CCC(CN(C)C)CC2)c1C. The summed E-state index contributed by atoms with van der Waals surface area (Å²) in [5.41, 5.74) is 1.18. The van der Waals surface area contributed by atoms with Crippen LogP contribution in [0.5, 0.6) is 0 Å². The van der Waals surface area contributed by atoms with Crippen molar-refractivity contribution in [3.63, 3.8) is 0 Å². The lowest BCUT2D eigenvalue weighted by molar-refractivity contribution is 0.284. The smallest absolute Gasteiger partial charge is 0.137 e. The molecule has 1 N–H and O–H groups in total. The van der Waals surface area contributed by atoms with E-state index in [0.717, 1.165) is 43.6 Å². The number of anilines is 2. The van der Waals surface area contributed by atoms with Crippen molar-refractivity contribution in [2.45, 2.75) is 33.1 Å². The normalized spacial score (nSPS) is 16.5. The largest absolute Gasteiger partial charge is 0.370 e. The fourth-order valence-electron chi connectivity index (χ4n) is 3.03. The van der Waals surface area contributed by atoms with E-state index in [4.69, 9.17) is 0 Å². The van der Waals surface area contributed by atoms with E-state index in [0.29, 0.717) is 0 Å². The van der Waals surface area contributed by atoms with E-state index in [2.05, 4.69) is 53.0 Å². The summed E-state index contributed by atoms with van der Waals surface area (Å²) in [4.78, 5) is 13.6. The van der Waals surface area contributed by atoms with Crippen LogP contribution in [0.15, 0.2) is 6.33 Å². The molecule has 1 aromatic rings. The lowest BCUT2D eigenvalue weighted by atomic mass is 9.96. The number of nitrogens with zero attached hydrogens (tertiary/aromatic N) is 4. The minimum atomic E-state index is 0.816. The summed E-state index contributed by atoms with van der Waals surface area (Å²) in [6.45, 7) is 8.65. The van der Waals surface area contributed by atoms with Crippen molar-refractivity contribution in [3.8, 4) is 0 Å². The monoisotopic (exact) mass is 291 g/mol. The molecule has 0 aromatic carbocycles.